The van der Waals surface area contributed by atoms with Crippen LogP contribution in [-0.4, -0.2) is 15.2 Å². The molecule has 0 amide bonds. The van der Waals surface area contributed by atoms with E-state index in [1.165, 1.54) is 12.1 Å². The fourth-order valence-corrected chi connectivity index (χ4v) is 3.85. The van der Waals surface area contributed by atoms with Crippen LogP contribution in [0.15, 0.2) is 59.5 Å². The summed E-state index contributed by atoms with van der Waals surface area (Å²) >= 11 is 0. The van der Waals surface area contributed by atoms with Crippen molar-refractivity contribution in [2.75, 3.05) is 6.79 Å². The highest BCUT2D eigenvalue weighted by Gasteiger charge is 2.23. The van der Waals surface area contributed by atoms with Crippen LogP contribution in [0.1, 0.15) is 5.56 Å². The molecule has 0 aromatic heterocycles. The molecule has 0 spiro atoms. The summed E-state index contributed by atoms with van der Waals surface area (Å²) in [6.07, 6.45) is 0. The van der Waals surface area contributed by atoms with Gasteiger partial charge in [-0.05, 0) is 53.4 Å². The molecule has 0 fully saturated rings. The van der Waals surface area contributed by atoms with Crippen molar-refractivity contribution < 1.29 is 22.3 Å². The molecule has 5 nitrogen and oxygen atoms in total. The summed E-state index contributed by atoms with van der Waals surface area (Å²) < 4.78 is 49.2. The lowest BCUT2D eigenvalue weighted by molar-refractivity contribution is 0.174. The Labute approximate surface area is 156 Å². The van der Waals surface area contributed by atoms with Crippen molar-refractivity contribution in [3.63, 3.8) is 0 Å². The molecule has 0 radical (unpaired) electrons. The summed E-state index contributed by atoms with van der Waals surface area (Å²) in [5, 5.41) is 5.40. The molecule has 1 heterocycles. The fraction of sp³-hybridized carbons (Fsp3) is 0.100. The molecule has 4 rings (SSSR count). The smallest absolute Gasteiger partial charge is 0.238 e. The predicted molar refractivity (Wildman–Crippen MR) is 99.5 cm³/mol. The van der Waals surface area contributed by atoms with E-state index in [4.69, 9.17) is 14.6 Å². The summed E-state index contributed by atoms with van der Waals surface area (Å²) in [4.78, 5) is -0.0160. The largest absolute Gasteiger partial charge is 0.454 e. The van der Waals surface area contributed by atoms with Crippen LogP contribution >= 0.6 is 0 Å². The topological polar surface area (TPSA) is 78.6 Å². The van der Waals surface area contributed by atoms with Crippen molar-refractivity contribution in [1.82, 2.24) is 0 Å². The lowest BCUT2D eigenvalue weighted by Crippen LogP contribution is -2.13. The van der Waals surface area contributed by atoms with Gasteiger partial charge in [-0.3, -0.25) is 0 Å². The average Bonchev–Trinajstić information content (AvgIpc) is 3.10. The molecule has 3 aromatic carbocycles. The van der Waals surface area contributed by atoms with Crippen molar-refractivity contribution in [3.8, 4) is 33.8 Å². The Hall–Kier alpha value is -2.90. The average molecular weight is 385 g/mol. The Morgan fingerprint density at radius 3 is 2.26 bits per heavy atom. The Bertz CT molecular complexity index is 1160. The molecular weight excluding hydrogens is 369 g/mol. The number of nitrogens with two attached hydrogens (primary N) is 1. The third-order valence-corrected chi connectivity index (χ3v) is 5.45. The zero-order chi connectivity index (χ0) is 19.2. The number of rotatable bonds is 3. The van der Waals surface area contributed by atoms with Crippen LogP contribution in [-0.2, 0) is 10.0 Å². The number of primary sulfonamides is 1. The van der Waals surface area contributed by atoms with Crippen molar-refractivity contribution in [2.24, 2.45) is 5.14 Å². The molecule has 0 saturated heterocycles. The van der Waals surface area contributed by atoms with Gasteiger partial charge < -0.3 is 9.47 Å². The molecule has 7 heteroatoms. The summed E-state index contributed by atoms with van der Waals surface area (Å²) in [5.41, 5.74) is 2.71. The van der Waals surface area contributed by atoms with Gasteiger partial charge in [0.1, 0.15) is 5.82 Å². The van der Waals surface area contributed by atoms with Crippen molar-refractivity contribution in [3.05, 3.63) is 66.0 Å². The zero-order valence-electron chi connectivity index (χ0n) is 14.4. The number of sulfonamides is 1. The first-order valence-corrected chi connectivity index (χ1v) is 9.71. The molecule has 0 bridgehead atoms. The number of fused-ring (bicyclic) bond motifs is 1. The van der Waals surface area contributed by atoms with E-state index in [1.807, 2.05) is 0 Å². The maximum absolute atomic E-state index is 14.2. The number of ether oxygens (including phenoxy) is 2. The van der Waals surface area contributed by atoms with Gasteiger partial charge in [0, 0.05) is 5.56 Å². The lowest BCUT2D eigenvalue weighted by Gasteiger charge is -2.15. The molecule has 2 N–H and O–H groups in total. The second-order valence-electron chi connectivity index (χ2n) is 6.26. The van der Waals surface area contributed by atoms with Crippen molar-refractivity contribution >= 4 is 10.0 Å². The Kier molecular flexibility index (Phi) is 4.13. The maximum atomic E-state index is 14.2. The van der Waals surface area contributed by atoms with E-state index in [-0.39, 0.29) is 17.5 Å². The van der Waals surface area contributed by atoms with Crippen molar-refractivity contribution in [1.29, 1.82) is 0 Å². The molecule has 3 aromatic rings. The summed E-state index contributed by atoms with van der Waals surface area (Å²) in [7, 11) is -3.96. The number of hydrogen-bond donors (Lipinski definition) is 1. The Balaban J connectivity index is 2.03. The number of benzene rings is 3. The Morgan fingerprint density at radius 2 is 1.59 bits per heavy atom. The number of hydrogen-bond acceptors (Lipinski definition) is 4. The first-order valence-electron chi connectivity index (χ1n) is 8.17. The van der Waals surface area contributed by atoms with E-state index in [9.17, 15) is 12.8 Å². The van der Waals surface area contributed by atoms with Gasteiger partial charge in [-0.2, -0.15) is 0 Å². The predicted octanol–water partition coefficient (Wildman–Crippen LogP) is 3.84. The van der Waals surface area contributed by atoms with E-state index in [0.29, 0.717) is 39.3 Å². The third kappa shape index (κ3) is 3.15. The van der Waals surface area contributed by atoms with Crippen LogP contribution < -0.4 is 14.6 Å². The van der Waals surface area contributed by atoms with Crippen LogP contribution in [0.4, 0.5) is 4.39 Å². The van der Waals surface area contributed by atoms with E-state index in [2.05, 4.69) is 0 Å². The minimum atomic E-state index is -3.96. The van der Waals surface area contributed by atoms with Gasteiger partial charge in [0.25, 0.3) is 0 Å². The zero-order valence-corrected chi connectivity index (χ0v) is 15.2. The minimum absolute atomic E-state index is 0.0160. The lowest BCUT2D eigenvalue weighted by atomic mass is 9.93. The van der Waals surface area contributed by atoms with Gasteiger partial charge in [-0.1, -0.05) is 30.3 Å². The third-order valence-electron chi connectivity index (χ3n) is 4.48. The minimum Gasteiger partial charge on any atom is -0.454 e. The van der Waals surface area contributed by atoms with Crippen molar-refractivity contribution in [2.45, 2.75) is 11.8 Å². The van der Waals surface area contributed by atoms with Crippen LogP contribution in [0.2, 0.25) is 0 Å². The first kappa shape index (κ1) is 17.5. The van der Waals surface area contributed by atoms with Gasteiger partial charge in [0.05, 0.1) is 4.90 Å². The highest BCUT2D eigenvalue weighted by atomic mass is 32.2. The maximum Gasteiger partial charge on any atom is 0.238 e. The molecular formula is C20H16FNO4S. The molecule has 0 saturated carbocycles. The standard InChI is InChI=1S/C20H16FNO4S/c1-12-6-7-13(8-17(12)21)15-9-18-19(26-11-25-18)10-16(15)14-4-2-3-5-20(14)27(22,23)24/h2-10H,11H2,1H3,(H2,22,23,24). The van der Waals surface area contributed by atoms with Crippen LogP contribution in [0.25, 0.3) is 22.3 Å². The summed E-state index contributed by atoms with van der Waals surface area (Å²) in [6.45, 7) is 1.74. The quantitative estimate of drug-likeness (QED) is 0.743. The van der Waals surface area contributed by atoms with Crippen LogP contribution in [0, 0.1) is 12.7 Å². The number of halogens is 1. The second-order valence-corrected chi connectivity index (χ2v) is 7.79. The fourth-order valence-electron chi connectivity index (χ4n) is 3.10. The van der Waals surface area contributed by atoms with E-state index in [1.54, 1.807) is 49.4 Å². The number of aryl methyl sites for hydroxylation is 1. The second kappa shape index (κ2) is 6.37. The van der Waals surface area contributed by atoms with E-state index >= 15 is 0 Å². The molecule has 138 valence electrons. The van der Waals surface area contributed by atoms with E-state index in [0.717, 1.165) is 0 Å². The SMILES string of the molecule is Cc1ccc(-c2cc3c(cc2-c2ccccc2S(N)(=O)=O)OCO3)cc1F. The van der Waals surface area contributed by atoms with Gasteiger partial charge in [-0.15, -0.1) is 0 Å². The molecule has 1 aliphatic rings. The van der Waals surface area contributed by atoms with E-state index < -0.39 is 10.0 Å². The molecule has 0 aliphatic carbocycles. The normalized spacial score (nSPS) is 13.0. The van der Waals surface area contributed by atoms with Gasteiger partial charge in [0.15, 0.2) is 11.5 Å². The van der Waals surface area contributed by atoms with Gasteiger partial charge in [0.2, 0.25) is 16.8 Å². The summed E-state index contributed by atoms with van der Waals surface area (Å²) in [5.74, 6) is 0.657. The highest BCUT2D eigenvalue weighted by Crippen LogP contribution is 2.44. The molecule has 1 aliphatic heterocycles. The van der Waals surface area contributed by atoms with Gasteiger partial charge >= 0.3 is 0 Å². The first-order chi connectivity index (χ1) is 12.8. The summed E-state index contributed by atoms with van der Waals surface area (Å²) in [6, 6.07) is 14.7. The van der Waals surface area contributed by atoms with Crippen LogP contribution in [0.5, 0.6) is 11.5 Å². The molecule has 0 atom stereocenters. The Morgan fingerprint density at radius 1 is 0.926 bits per heavy atom. The highest BCUT2D eigenvalue weighted by molar-refractivity contribution is 7.89. The molecule has 27 heavy (non-hydrogen) atoms. The monoisotopic (exact) mass is 385 g/mol. The van der Waals surface area contributed by atoms with Gasteiger partial charge in [-0.25, -0.2) is 17.9 Å². The molecule has 0 unspecified atom stereocenters. The van der Waals surface area contributed by atoms with Crippen LogP contribution in [0.3, 0.4) is 0 Å².